The van der Waals surface area contributed by atoms with Gasteiger partial charge in [0, 0.05) is 13.1 Å². The summed E-state index contributed by atoms with van der Waals surface area (Å²) in [7, 11) is 0. The summed E-state index contributed by atoms with van der Waals surface area (Å²) in [4.78, 5) is 13.8. The number of carbonyl (C=O) groups excluding carboxylic acids is 1. The van der Waals surface area contributed by atoms with E-state index < -0.39 is 0 Å². The van der Waals surface area contributed by atoms with Gasteiger partial charge >= 0.3 is 0 Å². The lowest BCUT2D eigenvalue weighted by Crippen LogP contribution is -2.45. The smallest absolute Gasteiger partial charge is 0.289 e. The number of halogens is 1. The van der Waals surface area contributed by atoms with Gasteiger partial charge in [-0.25, -0.2) is 0 Å². The summed E-state index contributed by atoms with van der Waals surface area (Å²) < 4.78 is 11.3. The zero-order chi connectivity index (χ0) is 11.5. The standard InChI is InChI=1S/C11H14BrNO3/c1-2-8-7-13(5-6-15-8)11(14)9-3-4-10(12)16-9/h3-4,8H,2,5-7H2,1H3/t8-/m1/s1. The summed E-state index contributed by atoms with van der Waals surface area (Å²) in [6.07, 6.45) is 1.07. The maximum Gasteiger partial charge on any atom is 0.289 e. The summed E-state index contributed by atoms with van der Waals surface area (Å²) in [5.41, 5.74) is 0. The highest BCUT2D eigenvalue weighted by Gasteiger charge is 2.25. The van der Waals surface area contributed by atoms with Crippen molar-refractivity contribution in [3.05, 3.63) is 22.6 Å². The molecule has 0 unspecified atom stereocenters. The van der Waals surface area contributed by atoms with Gasteiger partial charge in [-0.2, -0.15) is 0 Å². The molecule has 2 heterocycles. The lowest BCUT2D eigenvalue weighted by atomic mass is 10.2. The maximum atomic E-state index is 12.0. The van der Waals surface area contributed by atoms with Crippen molar-refractivity contribution >= 4 is 21.8 Å². The summed E-state index contributed by atoms with van der Waals surface area (Å²) in [5, 5.41) is 0. The minimum atomic E-state index is -0.0625. The third-order valence-electron chi connectivity index (χ3n) is 2.67. The van der Waals surface area contributed by atoms with Gasteiger partial charge in [0.05, 0.1) is 12.7 Å². The predicted molar refractivity (Wildman–Crippen MR) is 62.3 cm³/mol. The third-order valence-corrected chi connectivity index (χ3v) is 3.09. The van der Waals surface area contributed by atoms with Crippen molar-refractivity contribution in [1.82, 2.24) is 4.90 Å². The van der Waals surface area contributed by atoms with Gasteiger partial charge in [-0.3, -0.25) is 4.79 Å². The number of rotatable bonds is 2. The van der Waals surface area contributed by atoms with Gasteiger partial charge in [-0.15, -0.1) is 0 Å². The van der Waals surface area contributed by atoms with Crippen molar-refractivity contribution < 1.29 is 13.9 Å². The Hall–Kier alpha value is -0.810. The molecule has 1 atom stereocenters. The molecule has 1 saturated heterocycles. The van der Waals surface area contributed by atoms with Gasteiger partial charge in [0.1, 0.15) is 0 Å². The van der Waals surface area contributed by atoms with E-state index in [1.54, 1.807) is 17.0 Å². The molecule has 0 aromatic carbocycles. The van der Waals surface area contributed by atoms with Crippen LogP contribution >= 0.6 is 15.9 Å². The first-order chi connectivity index (χ1) is 7.70. The molecule has 0 N–H and O–H groups in total. The second kappa shape index (κ2) is 5.01. The van der Waals surface area contributed by atoms with Crippen LogP contribution in [0, 0.1) is 0 Å². The molecule has 2 rings (SSSR count). The van der Waals surface area contributed by atoms with Crippen LogP contribution in [-0.4, -0.2) is 36.6 Å². The van der Waals surface area contributed by atoms with Crippen molar-refractivity contribution in [2.45, 2.75) is 19.4 Å². The first-order valence-corrected chi connectivity index (χ1v) is 6.16. The summed E-state index contributed by atoms with van der Waals surface area (Å²) in [5.74, 6) is 0.316. The van der Waals surface area contributed by atoms with E-state index in [0.717, 1.165) is 6.42 Å². The number of hydrogen-bond acceptors (Lipinski definition) is 3. The molecular weight excluding hydrogens is 274 g/mol. The van der Waals surface area contributed by atoms with Crippen molar-refractivity contribution in [2.24, 2.45) is 0 Å². The minimum Gasteiger partial charge on any atom is -0.444 e. The largest absolute Gasteiger partial charge is 0.444 e. The number of ether oxygens (including phenoxy) is 1. The molecule has 1 aliphatic heterocycles. The molecule has 1 aliphatic rings. The SMILES string of the molecule is CC[C@@H]1CN(C(=O)c2ccc(Br)o2)CCO1. The molecule has 16 heavy (non-hydrogen) atoms. The lowest BCUT2D eigenvalue weighted by Gasteiger charge is -2.31. The molecule has 0 saturated carbocycles. The Morgan fingerprint density at radius 2 is 2.44 bits per heavy atom. The van der Waals surface area contributed by atoms with Crippen molar-refractivity contribution in [2.75, 3.05) is 19.7 Å². The first kappa shape index (κ1) is 11.7. The fourth-order valence-electron chi connectivity index (χ4n) is 1.74. The van der Waals surface area contributed by atoms with Crippen LogP contribution in [0.15, 0.2) is 21.2 Å². The van der Waals surface area contributed by atoms with Crippen LogP contribution in [0.4, 0.5) is 0 Å². The van der Waals surface area contributed by atoms with Crippen LogP contribution in [-0.2, 0) is 4.74 Å². The Bertz CT molecular complexity index is 377. The zero-order valence-electron chi connectivity index (χ0n) is 9.11. The van der Waals surface area contributed by atoms with E-state index in [9.17, 15) is 4.79 Å². The van der Waals surface area contributed by atoms with Crippen LogP contribution in [0.3, 0.4) is 0 Å². The molecule has 0 aliphatic carbocycles. The number of carbonyl (C=O) groups is 1. The molecule has 1 aromatic heterocycles. The van der Waals surface area contributed by atoms with E-state index in [2.05, 4.69) is 22.9 Å². The topological polar surface area (TPSA) is 42.7 Å². The van der Waals surface area contributed by atoms with Gasteiger partial charge in [-0.1, -0.05) is 6.92 Å². The summed E-state index contributed by atoms with van der Waals surface area (Å²) in [6.45, 7) is 3.94. The molecule has 5 heteroatoms. The van der Waals surface area contributed by atoms with E-state index in [0.29, 0.717) is 30.1 Å². The zero-order valence-corrected chi connectivity index (χ0v) is 10.7. The highest BCUT2D eigenvalue weighted by Crippen LogP contribution is 2.17. The Kier molecular flexibility index (Phi) is 3.66. The van der Waals surface area contributed by atoms with Crippen molar-refractivity contribution in [3.63, 3.8) is 0 Å². The molecule has 4 nitrogen and oxygen atoms in total. The quantitative estimate of drug-likeness (QED) is 0.838. The van der Waals surface area contributed by atoms with Crippen LogP contribution in [0.2, 0.25) is 0 Å². The molecular formula is C11H14BrNO3. The monoisotopic (exact) mass is 287 g/mol. The van der Waals surface area contributed by atoms with E-state index in [4.69, 9.17) is 9.15 Å². The number of amides is 1. The van der Waals surface area contributed by atoms with Crippen LogP contribution in [0.25, 0.3) is 0 Å². The average molecular weight is 288 g/mol. The van der Waals surface area contributed by atoms with Crippen LogP contribution < -0.4 is 0 Å². The minimum absolute atomic E-state index is 0.0625. The lowest BCUT2D eigenvalue weighted by molar-refractivity contribution is -0.0235. The number of furan rings is 1. The van der Waals surface area contributed by atoms with E-state index in [1.165, 1.54) is 0 Å². The Balaban J connectivity index is 2.04. The van der Waals surface area contributed by atoms with Crippen molar-refractivity contribution in [1.29, 1.82) is 0 Å². The Labute approximate surface area is 103 Å². The van der Waals surface area contributed by atoms with Gasteiger partial charge in [0.25, 0.3) is 5.91 Å². The molecule has 1 aromatic rings. The predicted octanol–water partition coefficient (Wildman–Crippen LogP) is 2.29. The highest BCUT2D eigenvalue weighted by molar-refractivity contribution is 9.10. The molecule has 0 radical (unpaired) electrons. The van der Waals surface area contributed by atoms with E-state index in [1.807, 2.05) is 0 Å². The van der Waals surface area contributed by atoms with Crippen LogP contribution in [0.1, 0.15) is 23.9 Å². The highest BCUT2D eigenvalue weighted by atomic mass is 79.9. The average Bonchev–Trinajstić information content (AvgIpc) is 2.75. The second-order valence-electron chi connectivity index (χ2n) is 3.76. The van der Waals surface area contributed by atoms with E-state index >= 15 is 0 Å². The van der Waals surface area contributed by atoms with Gasteiger partial charge in [-0.05, 0) is 34.5 Å². The van der Waals surface area contributed by atoms with E-state index in [-0.39, 0.29) is 12.0 Å². The fraction of sp³-hybridized carbons (Fsp3) is 0.545. The Morgan fingerprint density at radius 3 is 3.06 bits per heavy atom. The fourth-order valence-corrected chi connectivity index (χ4v) is 2.04. The third kappa shape index (κ3) is 2.47. The summed E-state index contributed by atoms with van der Waals surface area (Å²) >= 11 is 3.19. The summed E-state index contributed by atoms with van der Waals surface area (Å²) in [6, 6.07) is 3.41. The number of nitrogens with zero attached hydrogens (tertiary/aromatic N) is 1. The maximum absolute atomic E-state index is 12.0. The second-order valence-corrected chi connectivity index (χ2v) is 4.54. The number of hydrogen-bond donors (Lipinski definition) is 0. The normalized spacial score (nSPS) is 21.1. The first-order valence-electron chi connectivity index (χ1n) is 5.37. The molecule has 1 amide bonds. The van der Waals surface area contributed by atoms with Gasteiger partial charge in [0.15, 0.2) is 10.4 Å². The molecule has 0 spiro atoms. The van der Waals surface area contributed by atoms with Gasteiger partial charge < -0.3 is 14.1 Å². The molecule has 1 fully saturated rings. The Morgan fingerprint density at radius 1 is 1.62 bits per heavy atom. The molecule has 0 bridgehead atoms. The van der Waals surface area contributed by atoms with Gasteiger partial charge in [0.2, 0.25) is 0 Å². The number of morpholine rings is 1. The van der Waals surface area contributed by atoms with Crippen molar-refractivity contribution in [3.8, 4) is 0 Å². The molecule has 88 valence electrons. The van der Waals surface area contributed by atoms with Crippen LogP contribution in [0.5, 0.6) is 0 Å².